The van der Waals surface area contributed by atoms with E-state index in [9.17, 15) is 4.79 Å². The third kappa shape index (κ3) is 5.46. The van der Waals surface area contributed by atoms with Gasteiger partial charge < -0.3 is 15.5 Å². The quantitative estimate of drug-likeness (QED) is 0.305. The van der Waals surface area contributed by atoms with Crippen LogP contribution in [0.5, 0.6) is 0 Å². The molecule has 0 aliphatic carbocycles. The predicted octanol–water partition coefficient (Wildman–Crippen LogP) is 4.05. The smallest absolute Gasteiger partial charge is 0.238 e. The highest BCUT2D eigenvalue weighted by atomic mass is 19.1. The van der Waals surface area contributed by atoms with E-state index in [1.54, 1.807) is 17.0 Å². The number of halogens is 1. The number of nitrogens with zero attached hydrogens (tertiary/aromatic N) is 3. The first-order valence-corrected chi connectivity index (χ1v) is 11.0. The number of ether oxygens (including phenoxy) is 1. The standard InChI is InChI=1S/C25H33FN4O2/c1-16(2)29-13-21(14-29)25(31)30(22-8-6-7-18(5)11-22)15-20-10-9-19(12-23(20)26)24(28-27)32-17(3)4/h6-12,16-17,21H,13-15,27H2,1-5H3/b28-24-. The lowest BCUT2D eigenvalue weighted by Gasteiger charge is -2.43. The second-order valence-corrected chi connectivity index (χ2v) is 8.92. The van der Waals surface area contributed by atoms with Crippen LogP contribution in [0.4, 0.5) is 10.1 Å². The second kappa shape index (κ2) is 10.1. The van der Waals surface area contributed by atoms with E-state index in [-0.39, 0.29) is 30.4 Å². The van der Waals surface area contributed by atoms with Gasteiger partial charge in [-0.1, -0.05) is 18.2 Å². The summed E-state index contributed by atoms with van der Waals surface area (Å²) in [5.41, 5.74) is 2.70. The van der Waals surface area contributed by atoms with Crippen LogP contribution in [0.1, 0.15) is 44.4 Å². The molecule has 0 aromatic heterocycles. The number of rotatable bonds is 7. The summed E-state index contributed by atoms with van der Waals surface area (Å²) < 4.78 is 20.6. The average molecular weight is 441 g/mol. The molecule has 1 aliphatic rings. The molecular weight excluding hydrogens is 407 g/mol. The molecule has 32 heavy (non-hydrogen) atoms. The Morgan fingerprint density at radius 1 is 1.22 bits per heavy atom. The molecular formula is C25H33FN4O2. The number of anilines is 1. The summed E-state index contributed by atoms with van der Waals surface area (Å²) in [6, 6.07) is 12.9. The maximum absolute atomic E-state index is 15.1. The van der Waals surface area contributed by atoms with Crippen LogP contribution < -0.4 is 10.7 Å². The predicted molar refractivity (Wildman–Crippen MR) is 126 cm³/mol. The monoisotopic (exact) mass is 440 g/mol. The molecule has 1 fully saturated rings. The van der Waals surface area contributed by atoms with E-state index in [0.29, 0.717) is 17.2 Å². The Bertz CT molecular complexity index is 984. The minimum Gasteiger partial charge on any atom is -0.474 e. The Morgan fingerprint density at radius 2 is 1.94 bits per heavy atom. The number of aryl methyl sites for hydroxylation is 1. The van der Waals surface area contributed by atoms with Crippen LogP contribution in [0.15, 0.2) is 47.6 Å². The second-order valence-electron chi connectivity index (χ2n) is 8.92. The molecule has 1 aliphatic heterocycles. The fourth-order valence-corrected chi connectivity index (χ4v) is 3.78. The number of hydrogen-bond donors (Lipinski definition) is 1. The molecule has 0 unspecified atom stereocenters. The fraction of sp³-hybridized carbons (Fsp3) is 0.440. The van der Waals surface area contributed by atoms with Gasteiger partial charge >= 0.3 is 0 Å². The molecule has 2 aromatic carbocycles. The third-order valence-electron chi connectivity index (χ3n) is 5.66. The summed E-state index contributed by atoms with van der Waals surface area (Å²) in [7, 11) is 0. The van der Waals surface area contributed by atoms with E-state index in [1.165, 1.54) is 6.07 Å². The number of nitrogens with two attached hydrogens (primary N) is 1. The summed E-state index contributed by atoms with van der Waals surface area (Å²) in [6.45, 7) is 11.5. The number of hydrogen-bond acceptors (Lipinski definition) is 5. The summed E-state index contributed by atoms with van der Waals surface area (Å²) >= 11 is 0. The largest absolute Gasteiger partial charge is 0.474 e. The van der Waals surface area contributed by atoms with Crippen LogP contribution in [-0.2, 0) is 16.1 Å². The minimum atomic E-state index is -0.432. The van der Waals surface area contributed by atoms with E-state index >= 15 is 4.39 Å². The first kappa shape index (κ1) is 23.7. The van der Waals surface area contributed by atoms with Crippen molar-refractivity contribution in [1.29, 1.82) is 0 Å². The van der Waals surface area contributed by atoms with Gasteiger partial charge in [-0.25, -0.2) is 4.39 Å². The highest BCUT2D eigenvalue weighted by Crippen LogP contribution is 2.27. The molecule has 172 valence electrons. The van der Waals surface area contributed by atoms with Gasteiger partial charge in [-0.2, -0.15) is 0 Å². The molecule has 0 saturated carbocycles. The first-order valence-electron chi connectivity index (χ1n) is 11.0. The lowest BCUT2D eigenvalue weighted by molar-refractivity contribution is -0.128. The van der Waals surface area contributed by atoms with Crippen LogP contribution in [0.3, 0.4) is 0 Å². The van der Waals surface area contributed by atoms with Crippen molar-refractivity contribution in [3.8, 4) is 0 Å². The molecule has 1 saturated heterocycles. The first-order chi connectivity index (χ1) is 15.2. The molecule has 1 heterocycles. The number of hydrazone groups is 1. The Hall–Kier alpha value is -2.93. The Kier molecular flexibility index (Phi) is 7.51. The van der Waals surface area contributed by atoms with Crippen LogP contribution >= 0.6 is 0 Å². The molecule has 3 rings (SSSR count). The molecule has 6 nitrogen and oxygen atoms in total. The van der Waals surface area contributed by atoms with Crippen molar-refractivity contribution in [2.24, 2.45) is 16.9 Å². The SMILES string of the molecule is Cc1cccc(N(Cc2ccc(/C(=N/N)OC(C)C)cc2F)C(=O)C2CN(C(C)C)C2)c1. The van der Waals surface area contributed by atoms with Crippen LogP contribution in [0, 0.1) is 18.7 Å². The van der Waals surface area contributed by atoms with E-state index < -0.39 is 5.82 Å². The molecule has 1 amide bonds. The average Bonchev–Trinajstić information content (AvgIpc) is 2.69. The topological polar surface area (TPSA) is 71.2 Å². The van der Waals surface area contributed by atoms with Gasteiger partial charge in [0.25, 0.3) is 0 Å². The summed E-state index contributed by atoms with van der Waals surface area (Å²) in [6.07, 6.45) is -0.137. The zero-order valence-corrected chi connectivity index (χ0v) is 19.5. The van der Waals surface area contributed by atoms with E-state index in [4.69, 9.17) is 10.6 Å². The van der Waals surface area contributed by atoms with Crippen LogP contribution in [0.25, 0.3) is 0 Å². The van der Waals surface area contributed by atoms with Crippen molar-refractivity contribution in [3.63, 3.8) is 0 Å². The van der Waals surface area contributed by atoms with Gasteiger partial charge in [0.05, 0.1) is 18.6 Å². The van der Waals surface area contributed by atoms with Crippen LogP contribution in [-0.4, -0.2) is 41.9 Å². The molecule has 7 heteroatoms. The van der Waals surface area contributed by atoms with Gasteiger partial charge in [-0.05, 0) is 64.4 Å². The lowest BCUT2D eigenvalue weighted by Crippen LogP contribution is -2.56. The fourth-order valence-electron chi connectivity index (χ4n) is 3.78. The molecule has 0 bridgehead atoms. The number of carbonyl (C=O) groups is 1. The summed E-state index contributed by atoms with van der Waals surface area (Å²) in [4.78, 5) is 17.3. The van der Waals surface area contributed by atoms with Crippen LogP contribution in [0.2, 0.25) is 0 Å². The van der Waals surface area contributed by atoms with Crippen molar-refractivity contribution in [1.82, 2.24) is 4.90 Å². The Morgan fingerprint density at radius 3 is 2.50 bits per heavy atom. The third-order valence-corrected chi connectivity index (χ3v) is 5.66. The molecule has 0 atom stereocenters. The van der Waals surface area contributed by atoms with Gasteiger partial charge in [0.15, 0.2) is 0 Å². The van der Waals surface area contributed by atoms with Gasteiger partial charge in [-0.3, -0.25) is 9.69 Å². The highest BCUT2D eigenvalue weighted by Gasteiger charge is 2.37. The van der Waals surface area contributed by atoms with E-state index in [2.05, 4.69) is 23.8 Å². The molecule has 2 N–H and O–H groups in total. The summed E-state index contributed by atoms with van der Waals surface area (Å²) in [5, 5.41) is 3.64. The number of amides is 1. The number of likely N-dealkylation sites (tertiary alicyclic amines) is 1. The van der Waals surface area contributed by atoms with Crippen molar-refractivity contribution < 1.29 is 13.9 Å². The normalized spacial score (nSPS) is 15.2. The highest BCUT2D eigenvalue weighted by molar-refractivity contribution is 5.96. The minimum absolute atomic E-state index is 0.0170. The maximum atomic E-state index is 15.1. The molecule has 2 aromatic rings. The Balaban J connectivity index is 1.86. The molecule has 0 spiro atoms. The zero-order chi connectivity index (χ0) is 23.4. The van der Waals surface area contributed by atoms with Gasteiger partial charge in [-0.15, -0.1) is 5.10 Å². The maximum Gasteiger partial charge on any atom is 0.238 e. The number of carbonyl (C=O) groups excluding carboxylic acids is 1. The summed E-state index contributed by atoms with van der Waals surface area (Å²) in [5.74, 6) is 5.10. The Labute approximate surface area is 189 Å². The van der Waals surface area contributed by atoms with Crippen molar-refractivity contribution in [2.45, 2.75) is 53.3 Å². The van der Waals surface area contributed by atoms with Gasteiger partial charge in [0.2, 0.25) is 11.8 Å². The zero-order valence-electron chi connectivity index (χ0n) is 19.5. The van der Waals surface area contributed by atoms with Gasteiger partial charge in [0, 0.05) is 35.9 Å². The lowest BCUT2D eigenvalue weighted by atomic mass is 9.96. The molecule has 0 radical (unpaired) electrons. The van der Waals surface area contributed by atoms with Crippen molar-refractivity contribution in [3.05, 3.63) is 65.0 Å². The number of benzene rings is 2. The van der Waals surface area contributed by atoms with Crippen molar-refractivity contribution in [2.75, 3.05) is 18.0 Å². The van der Waals surface area contributed by atoms with E-state index in [1.807, 2.05) is 45.0 Å². The van der Waals surface area contributed by atoms with Gasteiger partial charge in [0.1, 0.15) is 5.82 Å². The van der Waals surface area contributed by atoms with Crippen molar-refractivity contribution >= 4 is 17.5 Å². The van der Waals surface area contributed by atoms with E-state index in [0.717, 1.165) is 24.3 Å².